The van der Waals surface area contributed by atoms with Gasteiger partial charge in [-0.1, -0.05) is 43.6 Å². The van der Waals surface area contributed by atoms with Crippen LogP contribution in [0, 0.1) is 5.92 Å². The summed E-state index contributed by atoms with van der Waals surface area (Å²) in [5.41, 5.74) is 1.87. The highest BCUT2D eigenvalue weighted by Gasteiger charge is 2.19. The van der Waals surface area contributed by atoms with Gasteiger partial charge in [-0.15, -0.1) is 0 Å². The van der Waals surface area contributed by atoms with Crippen LogP contribution in [0.25, 0.3) is 6.08 Å². The van der Waals surface area contributed by atoms with Gasteiger partial charge in [-0.25, -0.2) is 0 Å². The number of aromatic nitrogens is 1. The minimum Gasteiger partial charge on any atom is -0.345 e. The Labute approximate surface area is 136 Å². The number of rotatable bonds is 5. The molecule has 0 aliphatic carbocycles. The molecule has 0 fully saturated rings. The molecule has 2 aromatic rings. The average Bonchev–Trinajstić information content (AvgIpc) is 2.52. The minimum absolute atomic E-state index is 0.122. The van der Waals surface area contributed by atoms with Gasteiger partial charge >= 0.3 is 0 Å². The zero-order valence-corrected chi connectivity index (χ0v) is 13.4. The van der Waals surface area contributed by atoms with E-state index >= 15 is 0 Å². The number of amides is 1. The molecule has 1 N–H and O–H groups in total. The first kappa shape index (κ1) is 16.2. The summed E-state index contributed by atoms with van der Waals surface area (Å²) in [5.74, 6) is 0.0913. The van der Waals surface area contributed by atoms with E-state index in [9.17, 15) is 4.79 Å². The Kier molecular flexibility index (Phi) is 5.73. The van der Waals surface area contributed by atoms with Crippen molar-refractivity contribution in [3.05, 3.63) is 71.0 Å². The van der Waals surface area contributed by atoms with Crippen LogP contribution in [0.5, 0.6) is 0 Å². The van der Waals surface area contributed by atoms with E-state index in [1.165, 1.54) is 6.08 Å². The molecule has 1 aromatic heterocycles. The number of pyridine rings is 1. The number of nitrogens with zero attached hydrogens (tertiary/aromatic N) is 1. The summed E-state index contributed by atoms with van der Waals surface area (Å²) in [7, 11) is 0. The van der Waals surface area contributed by atoms with Gasteiger partial charge in [0.1, 0.15) is 0 Å². The second kappa shape index (κ2) is 7.76. The molecule has 3 nitrogen and oxygen atoms in total. The number of nitrogens with one attached hydrogen (secondary N) is 1. The van der Waals surface area contributed by atoms with E-state index in [4.69, 9.17) is 11.6 Å². The summed E-state index contributed by atoms with van der Waals surface area (Å²) in [4.78, 5) is 16.1. The third kappa shape index (κ3) is 4.43. The molecule has 1 heterocycles. The maximum absolute atomic E-state index is 12.2. The zero-order chi connectivity index (χ0) is 15.9. The molecule has 1 aromatic carbocycles. The number of hydrogen-bond acceptors (Lipinski definition) is 2. The first-order valence-corrected chi connectivity index (χ1v) is 7.58. The van der Waals surface area contributed by atoms with E-state index < -0.39 is 0 Å². The number of carbonyl (C=O) groups excluding carboxylic acids is 1. The molecule has 114 valence electrons. The fourth-order valence-corrected chi connectivity index (χ4v) is 2.43. The van der Waals surface area contributed by atoms with E-state index in [0.29, 0.717) is 5.02 Å². The smallest absolute Gasteiger partial charge is 0.244 e. The lowest BCUT2D eigenvalue weighted by molar-refractivity contribution is -0.117. The van der Waals surface area contributed by atoms with Crippen molar-refractivity contribution in [1.82, 2.24) is 10.3 Å². The molecule has 1 atom stereocenters. The first-order valence-electron chi connectivity index (χ1n) is 7.21. The number of benzene rings is 1. The van der Waals surface area contributed by atoms with Gasteiger partial charge in [-0.05, 0) is 41.3 Å². The zero-order valence-electron chi connectivity index (χ0n) is 12.7. The molecule has 22 heavy (non-hydrogen) atoms. The van der Waals surface area contributed by atoms with Crippen LogP contribution >= 0.6 is 11.6 Å². The molecule has 0 spiro atoms. The first-order chi connectivity index (χ1) is 10.6. The Bertz CT molecular complexity index is 653. The van der Waals surface area contributed by atoms with Gasteiger partial charge in [-0.3, -0.25) is 9.78 Å². The molecule has 0 radical (unpaired) electrons. The number of halogens is 1. The Morgan fingerprint density at radius 2 is 1.86 bits per heavy atom. The van der Waals surface area contributed by atoms with Crippen molar-refractivity contribution in [1.29, 1.82) is 0 Å². The Balaban J connectivity index is 2.10. The molecular formula is C18H19ClN2O. The van der Waals surface area contributed by atoms with Crippen LogP contribution in [0.15, 0.2) is 54.9 Å². The standard InChI is InChI=1S/C18H19ClN2O/c1-13(2)18(15-5-3-4-6-16(15)19)21-17(22)8-7-14-9-11-20-12-10-14/h3-13,18H,1-2H3,(H,21,22)/b8-7+. The van der Waals surface area contributed by atoms with Gasteiger partial charge in [0.2, 0.25) is 5.91 Å². The predicted octanol–water partition coefficient (Wildman–Crippen LogP) is 4.26. The van der Waals surface area contributed by atoms with Gasteiger partial charge in [-0.2, -0.15) is 0 Å². The highest BCUT2D eigenvalue weighted by molar-refractivity contribution is 6.31. The van der Waals surface area contributed by atoms with Crippen LogP contribution in [0.2, 0.25) is 5.02 Å². The predicted molar refractivity (Wildman–Crippen MR) is 90.4 cm³/mol. The molecule has 1 unspecified atom stereocenters. The largest absolute Gasteiger partial charge is 0.345 e. The lowest BCUT2D eigenvalue weighted by Crippen LogP contribution is -2.30. The summed E-state index contributed by atoms with van der Waals surface area (Å²) in [6.45, 7) is 4.11. The van der Waals surface area contributed by atoms with E-state index in [2.05, 4.69) is 24.1 Å². The van der Waals surface area contributed by atoms with Crippen molar-refractivity contribution in [3.63, 3.8) is 0 Å². The van der Waals surface area contributed by atoms with Crippen LogP contribution in [-0.2, 0) is 4.79 Å². The van der Waals surface area contributed by atoms with Crippen LogP contribution in [0.4, 0.5) is 0 Å². The summed E-state index contributed by atoms with van der Waals surface area (Å²) in [6, 6.07) is 11.2. The molecule has 0 aliphatic heterocycles. The van der Waals surface area contributed by atoms with E-state index in [1.54, 1.807) is 18.5 Å². The normalized spacial score (nSPS) is 12.5. The summed E-state index contributed by atoms with van der Waals surface area (Å²) in [6.07, 6.45) is 6.68. The van der Waals surface area contributed by atoms with Gasteiger partial charge in [0.25, 0.3) is 0 Å². The van der Waals surface area contributed by atoms with E-state index in [1.807, 2.05) is 36.4 Å². The lowest BCUT2D eigenvalue weighted by Gasteiger charge is -2.23. The summed E-state index contributed by atoms with van der Waals surface area (Å²) < 4.78 is 0. The van der Waals surface area contributed by atoms with Crippen molar-refractivity contribution in [3.8, 4) is 0 Å². The van der Waals surface area contributed by atoms with Crippen LogP contribution in [0.1, 0.15) is 31.0 Å². The van der Waals surface area contributed by atoms with E-state index in [-0.39, 0.29) is 17.9 Å². The quantitative estimate of drug-likeness (QED) is 0.838. The molecular weight excluding hydrogens is 296 g/mol. The van der Waals surface area contributed by atoms with Crippen molar-refractivity contribution in [2.45, 2.75) is 19.9 Å². The van der Waals surface area contributed by atoms with Crippen molar-refractivity contribution < 1.29 is 4.79 Å². The highest BCUT2D eigenvalue weighted by Crippen LogP contribution is 2.28. The molecule has 0 aliphatic rings. The van der Waals surface area contributed by atoms with Gasteiger partial charge in [0.05, 0.1) is 6.04 Å². The van der Waals surface area contributed by atoms with Crippen LogP contribution < -0.4 is 5.32 Å². The third-order valence-electron chi connectivity index (χ3n) is 3.34. The van der Waals surface area contributed by atoms with Crippen molar-refractivity contribution in [2.24, 2.45) is 5.92 Å². The monoisotopic (exact) mass is 314 g/mol. The molecule has 1 amide bonds. The van der Waals surface area contributed by atoms with Crippen molar-refractivity contribution >= 4 is 23.6 Å². The second-order valence-corrected chi connectivity index (χ2v) is 5.77. The van der Waals surface area contributed by atoms with Gasteiger partial charge < -0.3 is 5.32 Å². The lowest BCUT2D eigenvalue weighted by atomic mass is 9.96. The van der Waals surface area contributed by atoms with Gasteiger partial charge in [0, 0.05) is 23.5 Å². The Hall–Kier alpha value is -2.13. The molecule has 0 saturated heterocycles. The molecule has 0 bridgehead atoms. The average molecular weight is 315 g/mol. The number of carbonyl (C=O) groups is 1. The SMILES string of the molecule is CC(C)C(NC(=O)/C=C/c1ccncc1)c1ccccc1Cl. The topological polar surface area (TPSA) is 42.0 Å². The van der Waals surface area contributed by atoms with Crippen molar-refractivity contribution in [2.75, 3.05) is 0 Å². The molecule has 2 rings (SSSR count). The summed E-state index contributed by atoms with van der Waals surface area (Å²) >= 11 is 6.24. The maximum Gasteiger partial charge on any atom is 0.244 e. The second-order valence-electron chi connectivity index (χ2n) is 5.37. The number of hydrogen-bond donors (Lipinski definition) is 1. The van der Waals surface area contributed by atoms with Gasteiger partial charge in [0.15, 0.2) is 0 Å². The molecule has 4 heteroatoms. The Morgan fingerprint density at radius 1 is 1.18 bits per heavy atom. The molecule has 0 saturated carbocycles. The fraction of sp³-hybridized carbons (Fsp3) is 0.222. The minimum atomic E-state index is -0.143. The van der Waals surface area contributed by atoms with Crippen LogP contribution in [0.3, 0.4) is 0 Å². The third-order valence-corrected chi connectivity index (χ3v) is 3.68. The fourth-order valence-electron chi connectivity index (χ4n) is 2.18. The summed E-state index contributed by atoms with van der Waals surface area (Å²) in [5, 5.41) is 3.68. The van der Waals surface area contributed by atoms with Crippen LogP contribution in [-0.4, -0.2) is 10.9 Å². The van der Waals surface area contributed by atoms with E-state index in [0.717, 1.165) is 11.1 Å². The Morgan fingerprint density at radius 3 is 2.50 bits per heavy atom. The maximum atomic E-state index is 12.2. The highest BCUT2D eigenvalue weighted by atomic mass is 35.5.